The zero-order valence-corrected chi connectivity index (χ0v) is 12.8. The molecule has 4 nitrogen and oxygen atoms in total. The van der Waals surface area contributed by atoms with E-state index in [0.717, 1.165) is 19.5 Å². The quantitative estimate of drug-likeness (QED) is 0.897. The fourth-order valence-electron chi connectivity index (χ4n) is 2.36. The van der Waals surface area contributed by atoms with E-state index in [4.69, 9.17) is 28.3 Å². The van der Waals surface area contributed by atoms with Gasteiger partial charge < -0.3 is 10.4 Å². The third-order valence-corrected chi connectivity index (χ3v) is 4.24. The topological polar surface area (TPSA) is 52.6 Å². The molecule has 1 heterocycles. The molecule has 0 saturated carbocycles. The van der Waals surface area contributed by atoms with Crippen molar-refractivity contribution in [2.75, 3.05) is 25.0 Å². The van der Waals surface area contributed by atoms with E-state index in [1.165, 1.54) is 0 Å². The van der Waals surface area contributed by atoms with E-state index in [1.807, 2.05) is 6.92 Å². The molecule has 2 atom stereocenters. The van der Waals surface area contributed by atoms with E-state index in [9.17, 15) is 4.79 Å². The van der Waals surface area contributed by atoms with E-state index in [-0.39, 0.29) is 24.5 Å². The Morgan fingerprint density at radius 2 is 2.30 bits per heavy atom. The summed E-state index contributed by atoms with van der Waals surface area (Å²) >= 11 is 11.9. The van der Waals surface area contributed by atoms with Gasteiger partial charge in [0.05, 0.1) is 16.8 Å². The molecule has 1 aromatic carbocycles. The highest BCUT2D eigenvalue weighted by Gasteiger charge is 2.29. The lowest BCUT2D eigenvalue weighted by Gasteiger charge is -2.23. The molecular formula is C14H18Cl2N2O2. The third-order valence-electron chi connectivity index (χ3n) is 3.69. The first-order valence-corrected chi connectivity index (χ1v) is 7.37. The maximum Gasteiger partial charge on any atom is 0.241 e. The summed E-state index contributed by atoms with van der Waals surface area (Å²) in [5.41, 5.74) is 0.561. The Morgan fingerprint density at radius 3 is 2.90 bits per heavy atom. The number of benzene rings is 1. The molecule has 1 fully saturated rings. The van der Waals surface area contributed by atoms with Crippen molar-refractivity contribution >= 4 is 34.8 Å². The second-order valence-electron chi connectivity index (χ2n) is 5.12. The van der Waals surface area contributed by atoms with E-state index in [1.54, 1.807) is 18.2 Å². The molecule has 2 rings (SSSR count). The number of carbonyl (C=O) groups excluding carboxylic acids is 1. The van der Waals surface area contributed by atoms with E-state index < -0.39 is 0 Å². The standard InChI is InChI=1S/C14H18Cl2N2O2/c1-9(18-5-4-10(7-18)8-19)14(20)17-13-3-2-11(15)6-12(13)16/h2-3,6,9-10,19H,4-5,7-8H2,1H3,(H,17,20). The number of halogens is 2. The molecule has 0 spiro atoms. The van der Waals surface area contributed by atoms with Gasteiger partial charge in [-0.3, -0.25) is 9.69 Å². The Labute approximate surface area is 128 Å². The van der Waals surface area contributed by atoms with Crippen LogP contribution in [0, 0.1) is 5.92 Å². The average Bonchev–Trinajstić information content (AvgIpc) is 2.89. The number of nitrogens with one attached hydrogen (secondary N) is 1. The van der Waals surface area contributed by atoms with Crippen LogP contribution < -0.4 is 5.32 Å². The van der Waals surface area contributed by atoms with Crippen LogP contribution in [0.15, 0.2) is 18.2 Å². The molecule has 110 valence electrons. The summed E-state index contributed by atoms with van der Waals surface area (Å²) < 4.78 is 0. The number of aliphatic hydroxyl groups is 1. The molecule has 1 aliphatic rings. The molecule has 2 N–H and O–H groups in total. The molecule has 2 unspecified atom stereocenters. The van der Waals surface area contributed by atoms with Gasteiger partial charge in [0, 0.05) is 18.2 Å². The van der Waals surface area contributed by atoms with Gasteiger partial charge in [-0.25, -0.2) is 0 Å². The number of nitrogens with zero attached hydrogens (tertiary/aromatic N) is 1. The zero-order chi connectivity index (χ0) is 14.7. The lowest BCUT2D eigenvalue weighted by atomic mass is 10.1. The summed E-state index contributed by atoms with van der Waals surface area (Å²) in [6.45, 7) is 3.61. The van der Waals surface area contributed by atoms with Crippen LogP contribution >= 0.6 is 23.2 Å². The molecular weight excluding hydrogens is 299 g/mol. The van der Waals surface area contributed by atoms with Gasteiger partial charge in [-0.05, 0) is 44.0 Å². The zero-order valence-electron chi connectivity index (χ0n) is 11.3. The maximum atomic E-state index is 12.2. The van der Waals surface area contributed by atoms with Crippen molar-refractivity contribution in [3.05, 3.63) is 28.2 Å². The Balaban J connectivity index is 1.97. The normalized spacial score (nSPS) is 20.9. The lowest BCUT2D eigenvalue weighted by Crippen LogP contribution is -2.40. The molecule has 0 aromatic heterocycles. The van der Waals surface area contributed by atoms with Crippen molar-refractivity contribution in [3.8, 4) is 0 Å². The maximum absolute atomic E-state index is 12.2. The summed E-state index contributed by atoms with van der Waals surface area (Å²) in [6, 6.07) is 4.72. The van der Waals surface area contributed by atoms with Crippen molar-refractivity contribution in [2.45, 2.75) is 19.4 Å². The number of anilines is 1. The van der Waals surface area contributed by atoms with Crippen molar-refractivity contribution in [1.82, 2.24) is 4.90 Å². The van der Waals surface area contributed by atoms with Crippen LogP contribution in [-0.4, -0.2) is 41.7 Å². The Morgan fingerprint density at radius 1 is 1.55 bits per heavy atom. The Hall–Kier alpha value is -0.810. The number of likely N-dealkylation sites (tertiary alicyclic amines) is 1. The lowest BCUT2D eigenvalue weighted by molar-refractivity contribution is -0.120. The van der Waals surface area contributed by atoms with Gasteiger partial charge in [0.2, 0.25) is 5.91 Å². The first-order chi connectivity index (χ1) is 9.51. The van der Waals surface area contributed by atoms with E-state index >= 15 is 0 Å². The SMILES string of the molecule is CC(C(=O)Nc1ccc(Cl)cc1Cl)N1CCC(CO)C1. The number of hydrogen-bond acceptors (Lipinski definition) is 3. The fourth-order valence-corrected chi connectivity index (χ4v) is 2.81. The predicted molar refractivity (Wildman–Crippen MR) is 81.3 cm³/mol. The smallest absolute Gasteiger partial charge is 0.241 e. The van der Waals surface area contributed by atoms with Crippen molar-refractivity contribution < 1.29 is 9.90 Å². The highest BCUT2D eigenvalue weighted by atomic mass is 35.5. The van der Waals surface area contributed by atoms with Crippen molar-refractivity contribution in [1.29, 1.82) is 0 Å². The summed E-state index contributed by atoms with van der Waals surface area (Å²) in [5.74, 6) is 0.164. The largest absolute Gasteiger partial charge is 0.396 e. The van der Waals surface area contributed by atoms with Gasteiger partial charge in [-0.2, -0.15) is 0 Å². The first-order valence-electron chi connectivity index (χ1n) is 6.62. The summed E-state index contributed by atoms with van der Waals surface area (Å²) in [5, 5.41) is 12.9. The molecule has 1 aromatic rings. The highest BCUT2D eigenvalue weighted by Crippen LogP contribution is 2.26. The summed E-state index contributed by atoms with van der Waals surface area (Å²) in [6.07, 6.45) is 0.926. The minimum atomic E-state index is -0.252. The van der Waals surface area contributed by atoms with Crippen LogP contribution in [-0.2, 0) is 4.79 Å². The van der Waals surface area contributed by atoms with Gasteiger partial charge in [0.15, 0.2) is 0 Å². The average molecular weight is 317 g/mol. The Bertz CT molecular complexity index is 496. The van der Waals surface area contributed by atoms with Crippen LogP contribution in [0.5, 0.6) is 0 Å². The van der Waals surface area contributed by atoms with Crippen LogP contribution in [0.1, 0.15) is 13.3 Å². The van der Waals surface area contributed by atoms with Crippen LogP contribution in [0.2, 0.25) is 10.0 Å². The number of carbonyl (C=O) groups is 1. The van der Waals surface area contributed by atoms with E-state index in [0.29, 0.717) is 15.7 Å². The first kappa shape index (κ1) is 15.6. The minimum absolute atomic E-state index is 0.104. The number of hydrogen-bond donors (Lipinski definition) is 2. The van der Waals surface area contributed by atoms with Gasteiger partial charge in [0.25, 0.3) is 0 Å². The van der Waals surface area contributed by atoms with Crippen LogP contribution in [0.3, 0.4) is 0 Å². The number of amides is 1. The Kier molecular flexibility index (Phi) is 5.27. The summed E-state index contributed by atoms with van der Waals surface area (Å²) in [7, 11) is 0. The van der Waals surface area contributed by atoms with Gasteiger partial charge in [-0.1, -0.05) is 23.2 Å². The number of aliphatic hydroxyl groups excluding tert-OH is 1. The van der Waals surface area contributed by atoms with Gasteiger partial charge in [-0.15, -0.1) is 0 Å². The van der Waals surface area contributed by atoms with Crippen LogP contribution in [0.4, 0.5) is 5.69 Å². The molecule has 0 bridgehead atoms. The molecule has 1 amide bonds. The molecule has 0 aliphatic carbocycles. The number of rotatable bonds is 4. The molecule has 0 radical (unpaired) electrons. The predicted octanol–water partition coefficient (Wildman–Crippen LogP) is 2.63. The van der Waals surface area contributed by atoms with Gasteiger partial charge in [0.1, 0.15) is 0 Å². The van der Waals surface area contributed by atoms with Crippen LogP contribution in [0.25, 0.3) is 0 Å². The minimum Gasteiger partial charge on any atom is -0.396 e. The summed E-state index contributed by atoms with van der Waals surface area (Å²) in [4.78, 5) is 14.3. The molecule has 1 saturated heterocycles. The monoisotopic (exact) mass is 316 g/mol. The highest BCUT2D eigenvalue weighted by molar-refractivity contribution is 6.36. The second kappa shape index (κ2) is 6.76. The van der Waals surface area contributed by atoms with E-state index in [2.05, 4.69) is 10.2 Å². The molecule has 20 heavy (non-hydrogen) atoms. The van der Waals surface area contributed by atoms with Gasteiger partial charge >= 0.3 is 0 Å². The second-order valence-corrected chi connectivity index (χ2v) is 5.97. The fraction of sp³-hybridized carbons (Fsp3) is 0.500. The molecule has 6 heteroatoms. The molecule has 1 aliphatic heterocycles. The van der Waals surface area contributed by atoms with Crippen molar-refractivity contribution in [2.24, 2.45) is 5.92 Å². The third kappa shape index (κ3) is 3.64. The van der Waals surface area contributed by atoms with Crippen molar-refractivity contribution in [3.63, 3.8) is 0 Å².